The molecule has 0 aliphatic carbocycles. The zero-order valence-corrected chi connectivity index (χ0v) is 10.2. The minimum atomic E-state index is -0.245. The van der Waals surface area contributed by atoms with Crippen LogP contribution in [0, 0.1) is 5.82 Å². The number of aromatic nitrogens is 1. The molecule has 4 heteroatoms. The minimum absolute atomic E-state index is 0.206. The Balaban J connectivity index is 1.91. The Morgan fingerprint density at radius 3 is 2.95 bits per heavy atom. The number of hydrogen-bond donors (Lipinski definition) is 1. The summed E-state index contributed by atoms with van der Waals surface area (Å²) in [6.45, 7) is 1.31. The largest absolute Gasteiger partial charge is 0.490 e. The van der Waals surface area contributed by atoms with E-state index < -0.39 is 0 Å². The number of H-pyrrole nitrogens is 1. The van der Waals surface area contributed by atoms with E-state index in [1.807, 2.05) is 24.3 Å². The van der Waals surface area contributed by atoms with Crippen LogP contribution in [-0.4, -0.2) is 24.3 Å². The van der Waals surface area contributed by atoms with Crippen molar-refractivity contribution < 1.29 is 13.9 Å². The quantitative estimate of drug-likeness (QED) is 0.731. The van der Waals surface area contributed by atoms with Crippen molar-refractivity contribution in [3.63, 3.8) is 0 Å². The van der Waals surface area contributed by atoms with E-state index in [-0.39, 0.29) is 11.9 Å². The van der Waals surface area contributed by atoms with Gasteiger partial charge in [-0.05, 0) is 18.2 Å². The zero-order valence-electron chi connectivity index (χ0n) is 10.2. The number of fused-ring (bicyclic) bond motifs is 3. The first-order valence-electron chi connectivity index (χ1n) is 6.26. The van der Waals surface area contributed by atoms with Crippen LogP contribution >= 0.6 is 0 Å². The third-order valence-electron chi connectivity index (χ3n) is 3.40. The lowest BCUT2D eigenvalue weighted by Crippen LogP contribution is -2.04. The van der Waals surface area contributed by atoms with Crippen molar-refractivity contribution in [2.75, 3.05) is 13.2 Å². The van der Waals surface area contributed by atoms with Gasteiger partial charge in [-0.2, -0.15) is 0 Å². The Morgan fingerprint density at radius 2 is 2.11 bits per heavy atom. The third kappa shape index (κ3) is 1.76. The molecule has 0 bridgehead atoms. The predicted octanol–water partition coefficient (Wildman–Crippen LogP) is 3.24. The highest BCUT2D eigenvalue weighted by Crippen LogP contribution is 2.34. The molecular weight excluding hydrogens is 245 g/mol. The van der Waals surface area contributed by atoms with E-state index in [1.165, 1.54) is 6.07 Å². The van der Waals surface area contributed by atoms with Crippen LogP contribution in [0.15, 0.2) is 36.4 Å². The van der Waals surface area contributed by atoms with Crippen molar-refractivity contribution in [3.05, 3.63) is 42.2 Å². The lowest BCUT2D eigenvalue weighted by Gasteiger charge is -2.05. The van der Waals surface area contributed by atoms with Gasteiger partial charge in [-0.1, -0.05) is 18.2 Å². The van der Waals surface area contributed by atoms with Crippen LogP contribution in [-0.2, 0) is 4.74 Å². The maximum absolute atomic E-state index is 13.8. The van der Waals surface area contributed by atoms with Gasteiger partial charge in [0.2, 0.25) is 0 Å². The number of epoxide rings is 1. The summed E-state index contributed by atoms with van der Waals surface area (Å²) in [4.78, 5) is 3.10. The number of para-hydroxylation sites is 1. The van der Waals surface area contributed by atoms with E-state index in [4.69, 9.17) is 9.47 Å². The van der Waals surface area contributed by atoms with Gasteiger partial charge in [0.1, 0.15) is 24.3 Å². The van der Waals surface area contributed by atoms with Crippen LogP contribution in [0.3, 0.4) is 0 Å². The molecule has 1 N–H and O–H groups in total. The van der Waals surface area contributed by atoms with Gasteiger partial charge < -0.3 is 14.5 Å². The van der Waals surface area contributed by atoms with Gasteiger partial charge >= 0.3 is 0 Å². The highest BCUT2D eigenvalue weighted by Gasteiger charge is 2.23. The summed E-state index contributed by atoms with van der Waals surface area (Å²) in [6, 6.07) is 10.8. The van der Waals surface area contributed by atoms with Crippen LogP contribution in [0.25, 0.3) is 21.8 Å². The van der Waals surface area contributed by atoms with E-state index in [1.54, 1.807) is 6.07 Å². The lowest BCUT2D eigenvalue weighted by atomic mass is 10.1. The second-order valence-electron chi connectivity index (χ2n) is 4.73. The number of halogens is 1. The first-order chi connectivity index (χ1) is 9.33. The fraction of sp³-hybridized carbons (Fsp3) is 0.200. The number of nitrogens with one attached hydrogen (secondary N) is 1. The molecule has 0 amide bonds. The second-order valence-corrected chi connectivity index (χ2v) is 4.73. The molecule has 96 valence electrons. The highest BCUT2D eigenvalue weighted by molar-refractivity contribution is 6.10. The van der Waals surface area contributed by atoms with Crippen LogP contribution in [0.5, 0.6) is 5.75 Å². The van der Waals surface area contributed by atoms with Gasteiger partial charge in [0.05, 0.1) is 17.6 Å². The van der Waals surface area contributed by atoms with E-state index in [0.717, 1.165) is 28.6 Å². The Kier molecular flexibility index (Phi) is 2.26. The monoisotopic (exact) mass is 257 g/mol. The molecule has 2 heterocycles. The van der Waals surface area contributed by atoms with Gasteiger partial charge in [-0.15, -0.1) is 0 Å². The number of ether oxygens (including phenoxy) is 2. The first kappa shape index (κ1) is 10.8. The third-order valence-corrected chi connectivity index (χ3v) is 3.40. The summed E-state index contributed by atoms with van der Waals surface area (Å²) in [5.41, 5.74) is 1.41. The van der Waals surface area contributed by atoms with Crippen molar-refractivity contribution in [3.8, 4) is 5.75 Å². The molecule has 19 heavy (non-hydrogen) atoms. The average Bonchev–Trinajstić information content (AvgIpc) is 3.16. The van der Waals surface area contributed by atoms with Crippen LogP contribution in [0.1, 0.15) is 0 Å². The van der Waals surface area contributed by atoms with Crippen molar-refractivity contribution in [2.45, 2.75) is 6.10 Å². The van der Waals surface area contributed by atoms with Crippen molar-refractivity contribution in [1.29, 1.82) is 0 Å². The first-order valence-corrected chi connectivity index (χ1v) is 6.26. The fourth-order valence-corrected chi connectivity index (χ4v) is 2.37. The van der Waals surface area contributed by atoms with Gasteiger partial charge in [0, 0.05) is 10.8 Å². The van der Waals surface area contributed by atoms with Crippen molar-refractivity contribution >= 4 is 21.8 Å². The molecule has 0 spiro atoms. The van der Waals surface area contributed by atoms with E-state index in [9.17, 15) is 4.39 Å². The molecule has 1 saturated heterocycles. The molecule has 1 aliphatic heterocycles. The van der Waals surface area contributed by atoms with Crippen LogP contribution < -0.4 is 4.74 Å². The van der Waals surface area contributed by atoms with Gasteiger partial charge in [0.25, 0.3) is 0 Å². The van der Waals surface area contributed by atoms with E-state index in [0.29, 0.717) is 12.1 Å². The predicted molar refractivity (Wildman–Crippen MR) is 71.0 cm³/mol. The standard InChI is InChI=1S/C15H12FNO2/c16-11-4-1-3-10-14-12(17-15(10)11)5-2-6-13(14)19-8-9-7-18-9/h1-6,9,17H,7-8H2/t9-/m0/s1. The fourth-order valence-electron chi connectivity index (χ4n) is 2.37. The number of rotatable bonds is 3. The maximum Gasteiger partial charge on any atom is 0.147 e. The molecule has 3 nitrogen and oxygen atoms in total. The number of hydrogen-bond acceptors (Lipinski definition) is 2. The molecule has 0 radical (unpaired) electrons. The molecule has 1 atom stereocenters. The Bertz CT molecular complexity index is 761. The topological polar surface area (TPSA) is 37.5 Å². The second kappa shape index (κ2) is 3.96. The Labute approximate surface area is 108 Å². The van der Waals surface area contributed by atoms with Crippen molar-refractivity contribution in [2.24, 2.45) is 0 Å². The Morgan fingerprint density at radius 1 is 1.26 bits per heavy atom. The molecule has 2 aromatic carbocycles. The number of benzene rings is 2. The summed E-state index contributed by atoms with van der Waals surface area (Å²) in [6.07, 6.45) is 0.206. The van der Waals surface area contributed by atoms with Gasteiger partial charge in [0.15, 0.2) is 0 Å². The normalized spacial score (nSPS) is 18.1. The van der Waals surface area contributed by atoms with Crippen LogP contribution in [0.4, 0.5) is 4.39 Å². The smallest absolute Gasteiger partial charge is 0.147 e. The van der Waals surface area contributed by atoms with E-state index >= 15 is 0 Å². The molecule has 1 fully saturated rings. The zero-order chi connectivity index (χ0) is 12.8. The molecule has 4 rings (SSSR count). The molecule has 1 aromatic heterocycles. The molecule has 0 unspecified atom stereocenters. The highest BCUT2D eigenvalue weighted by atomic mass is 19.1. The lowest BCUT2D eigenvalue weighted by molar-refractivity contribution is 0.265. The van der Waals surface area contributed by atoms with E-state index in [2.05, 4.69) is 4.98 Å². The summed E-state index contributed by atoms with van der Waals surface area (Å²) in [5, 5.41) is 1.78. The molecule has 1 aliphatic rings. The summed E-state index contributed by atoms with van der Waals surface area (Å²) >= 11 is 0. The molecule has 0 saturated carbocycles. The number of aromatic amines is 1. The van der Waals surface area contributed by atoms with Crippen molar-refractivity contribution in [1.82, 2.24) is 4.98 Å². The average molecular weight is 257 g/mol. The summed E-state index contributed by atoms with van der Waals surface area (Å²) < 4.78 is 24.7. The molecular formula is C15H12FNO2. The summed E-state index contributed by atoms with van der Waals surface area (Å²) in [7, 11) is 0. The Hall–Kier alpha value is -2.07. The van der Waals surface area contributed by atoms with Gasteiger partial charge in [-0.25, -0.2) is 4.39 Å². The minimum Gasteiger partial charge on any atom is -0.490 e. The molecule has 3 aromatic rings. The summed E-state index contributed by atoms with van der Waals surface area (Å²) in [5.74, 6) is 0.523. The van der Waals surface area contributed by atoms with Gasteiger partial charge in [-0.3, -0.25) is 0 Å². The van der Waals surface area contributed by atoms with Crippen LogP contribution in [0.2, 0.25) is 0 Å². The maximum atomic E-state index is 13.8. The SMILES string of the molecule is Fc1cccc2c1[nH]c1cccc(OC[C@@H]3CO3)c12.